The Morgan fingerprint density at radius 1 is 1.31 bits per heavy atom. The molecule has 5 nitrogen and oxygen atoms in total. The Morgan fingerprint density at radius 3 is 2.31 bits per heavy atom. The maximum atomic E-state index is 11.6. The highest BCUT2D eigenvalue weighted by molar-refractivity contribution is 5.77. The van der Waals surface area contributed by atoms with Gasteiger partial charge < -0.3 is 16.0 Å². The first kappa shape index (κ1) is 14.9. The van der Waals surface area contributed by atoms with E-state index in [1.165, 1.54) is 0 Å². The first-order valence-electron chi connectivity index (χ1n) is 5.80. The molecule has 2 amide bonds. The largest absolute Gasteiger partial charge is 0.369 e. The second kappa shape index (κ2) is 8.10. The minimum absolute atomic E-state index is 0.143. The molecule has 0 heterocycles. The van der Waals surface area contributed by atoms with Crippen molar-refractivity contribution in [1.29, 1.82) is 0 Å². The van der Waals surface area contributed by atoms with E-state index in [2.05, 4.69) is 5.32 Å². The van der Waals surface area contributed by atoms with Crippen LogP contribution in [0, 0.1) is 5.92 Å². The monoisotopic (exact) mass is 229 g/mol. The van der Waals surface area contributed by atoms with Gasteiger partial charge in [-0.05, 0) is 13.8 Å². The number of hydrogen-bond donors (Lipinski definition) is 2. The van der Waals surface area contributed by atoms with Gasteiger partial charge in [0, 0.05) is 38.5 Å². The van der Waals surface area contributed by atoms with E-state index in [4.69, 9.17) is 5.73 Å². The van der Waals surface area contributed by atoms with Gasteiger partial charge in [-0.2, -0.15) is 0 Å². The molecule has 0 aromatic heterocycles. The number of nitrogens with one attached hydrogen (secondary N) is 1. The van der Waals surface area contributed by atoms with Crippen LogP contribution in [-0.2, 0) is 9.59 Å². The van der Waals surface area contributed by atoms with Gasteiger partial charge in [0.15, 0.2) is 0 Å². The number of primary amides is 1. The third kappa shape index (κ3) is 5.70. The van der Waals surface area contributed by atoms with Gasteiger partial charge in [-0.25, -0.2) is 0 Å². The second-order valence-electron chi connectivity index (χ2n) is 3.82. The van der Waals surface area contributed by atoms with Gasteiger partial charge in [0.1, 0.15) is 0 Å². The van der Waals surface area contributed by atoms with Crippen LogP contribution in [0.4, 0.5) is 0 Å². The fourth-order valence-corrected chi connectivity index (χ4v) is 1.35. The molecule has 16 heavy (non-hydrogen) atoms. The Balaban J connectivity index is 3.66. The Labute approximate surface area is 97.4 Å². The van der Waals surface area contributed by atoms with Crippen LogP contribution in [-0.4, -0.2) is 42.9 Å². The Hall–Kier alpha value is -1.10. The minimum atomic E-state index is -0.317. The van der Waals surface area contributed by atoms with Crippen LogP contribution in [0.1, 0.15) is 27.2 Å². The number of nitrogens with zero attached hydrogens (tertiary/aromatic N) is 1. The number of amides is 2. The Kier molecular flexibility index (Phi) is 7.54. The molecule has 0 aliphatic carbocycles. The zero-order chi connectivity index (χ0) is 12.6. The molecule has 0 aliphatic rings. The lowest BCUT2D eigenvalue weighted by molar-refractivity contribution is -0.130. The molecule has 0 rings (SSSR count). The third-order valence-corrected chi connectivity index (χ3v) is 2.57. The zero-order valence-electron chi connectivity index (χ0n) is 10.5. The summed E-state index contributed by atoms with van der Waals surface area (Å²) in [5, 5.41) is 3.05. The normalized spacial score (nSPS) is 12.2. The van der Waals surface area contributed by atoms with Crippen LogP contribution < -0.4 is 11.1 Å². The average Bonchev–Trinajstić information content (AvgIpc) is 2.25. The molecule has 0 fully saturated rings. The van der Waals surface area contributed by atoms with Crippen LogP contribution in [0.5, 0.6) is 0 Å². The quantitative estimate of drug-likeness (QED) is 0.573. The number of nitrogens with two attached hydrogens (primary N) is 1. The van der Waals surface area contributed by atoms with Gasteiger partial charge in [-0.1, -0.05) is 6.92 Å². The predicted octanol–water partition coefficient (Wildman–Crippen LogP) is -0.0441. The Morgan fingerprint density at radius 2 is 1.88 bits per heavy atom. The fraction of sp³-hybridized carbons (Fsp3) is 0.818. The average molecular weight is 229 g/mol. The summed E-state index contributed by atoms with van der Waals surface area (Å²) in [6.07, 6.45) is 0.465. The number of carbonyl (C=O) groups is 2. The lowest BCUT2D eigenvalue weighted by atomic mass is 10.2. The molecule has 1 unspecified atom stereocenters. The first-order valence-corrected chi connectivity index (χ1v) is 5.80. The molecule has 0 radical (unpaired) electrons. The van der Waals surface area contributed by atoms with Crippen LogP contribution >= 0.6 is 0 Å². The maximum absolute atomic E-state index is 11.6. The molecule has 0 saturated carbocycles. The van der Waals surface area contributed by atoms with Crippen molar-refractivity contribution in [2.75, 3.05) is 26.2 Å². The van der Waals surface area contributed by atoms with Crippen LogP contribution in [0.25, 0.3) is 0 Å². The number of hydrogen-bond acceptors (Lipinski definition) is 3. The molecule has 0 spiro atoms. The molecule has 5 heteroatoms. The zero-order valence-corrected chi connectivity index (χ0v) is 10.5. The van der Waals surface area contributed by atoms with Crippen molar-refractivity contribution < 1.29 is 9.59 Å². The van der Waals surface area contributed by atoms with E-state index in [1.807, 2.05) is 13.8 Å². The van der Waals surface area contributed by atoms with Gasteiger partial charge in [-0.15, -0.1) is 0 Å². The van der Waals surface area contributed by atoms with Crippen LogP contribution in [0.15, 0.2) is 0 Å². The summed E-state index contributed by atoms with van der Waals surface area (Å²) < 4.78 is 0. The molecular weight excluding hydrogens is 206 g/mol. The molecule has 1 atom stereocenters. The SMILES string of the molecule is CCN(CC)C(=O)CCNCC(C)C(N)=O. The van der Waals surface area contributed by atoms with Crippen molar-refractivity contribution in [3.8, 4) is 0 Å². The molecule has 3 N–H and O–H groups in total. The topological polar surface area (TPSA) is 75.4 Å². The van der Waals surface area contributed by atoms with Crippen molar-refractivity contribution in [2.45, 2.75) is 27.2 Å². The molecular formula is C11H23N3O2. The van der Waals surface area contributed by atoms with Gasteiger partial charge >= 0.3 is 0 Å². The number of carbonyl (C=O) groups excluding carboxylic acids is 2. The van der Waals surface area contributed by atoms with Crippen molar-refractivity contribution in [3.63, 3.8) is 0 Å². The molecule has 0 aromatic rings. The molecule has 94 valence electrons. The second-order valence-corrected chi connectivity index (χ2v) is 3.82. The van der Waals surface area contributed by atoms with Crippen molar-refractivity contribution in [2.24, 2.45) is 11.7 Å². The van der Waals surface area contributed by atoms with E-state index in [0.717, 1.165) is 13.1 Å². The first-order chi connectivity index (χ1) is 7.52. The van der Waals surface area contributed by atoms with E-state index >= 15 is 0 Å². The van der Waals surface area contributed by atoms with Crippen LogP contribution in [0.3, 0.4) is 0 Å². The molecule has 0 saturated heterocycles. The summed E-state index contributed by atoms with van der Waals surface area (Å²) in [5.41, 5.74) is 5.12. The molecule has 0 aromatic carbocycles. The lowest BCUT2D eigenvalue weighted by Crippen LogP contribution is -2.35. The van der Waals surface area contributed by atoms with Crippen molar-refractivity contribution in [3.05, 3.63) is 0 Å². The van der Waals surface area contributed by atoms with Gasteiger partial charge in [-0.3, -0.25) is 9.59 Å². The van der Waals surface area contributed by atoms with Crippen molar-refractivity contribution >= 4 is 11.8 Å². The van der Waals surface area contributed by atoms with Gasteiger partial charge in [0.2, 0.25) is 11.8 Å². The molecule has 0 bridgehead atoms. The lowest BCUT2D eigenvalue weighted by Gasteiger charge is -2.18. The van der Waals surface area contributed by atoms with E-state index < -0.39 is 0 Å². The highest BCUT2D eigenvalue weighted by atomic mass is 16.2. The van der Waals surface area contributed by atoms with Crippen molar-refractivity contribution in [1.82, 2.24) is 10.2 Å². The summed E-state index contributed by atoms with van der Waals surface area (Å²) >= 11 is 0. The smallest absolute Gasteiger partial charge is 0.223 e. The maximum Gasteiger partial charge on any atom is 0.223 e. The van der Waals surface area contributed by atoms with E-state index in [9.17, 15) is 9.59 Å². The predicted molar refractivity (Wildman–Crippen MR) is 63.8 cm³/mol. The summed E-state index contributed by atoms with van der Waals surface area (Å²) in [6.45, 7) is 8.30. The van der Waals surface area contributed by atoms with E-state index in [1.54, 1.807) is 11.8 Å². The van der Waals surface area contributed by atoms with Gasteiger partial charge in [0.05, 0.1) is 0 Å². The standard InChI is InChI=1S/C11H23N3O2/c1-4-14(5-2)10(15)6-7-13-8-9(3)11(12)16/h9,13H,4-8H2,1-3H3,(H2,12,16). The summed E-state index contributed by atoms with van der Waals surface area (Å²) in [4.78, 5) is 24.1. The van der Waals surface area contributed by atoms with Crippen LogP contribution in [0.2, 0.25) is 0 Å². The summed E-state index contributed by atoms with van der Waals surface area (Å²) in [6, 6.07) is 0. The number of rotatable bonds is 8. The van der Waals surface area contributed by atoms with Gasteiger partial charge in [0.25, 0.3) is 0 Å². The fourth-order valence-electron chi connectivity index (χ4n) is 1.35. The molecule has 0 aliphatic heterocycles. The third-order valence-electron chi connectivity index (χ3n) is 2.57. The summed E-state index contributed by atoms with van der Waals surface area (Å²) in [5.74, 6) is -0.365. The summed E-state index contributed by atoms with van der Waals surface area (Å²) in [7, 11) is 0. The Bertz CT molecular complexity index is 227. The minimum Gasteiger partial charge on any atom is -0.369 e. The highest BCUT2D eigenvalue weighted by Gasteiger charge is 2.10. The van der Waals surface area contributed by atoms with E-state index in [-0.39, 0.29) is 17.7 Å². The van der Waals surface area contributed by atoms with E-state index in [0.29, 0.717) is 19.5 Å². The highest BCUT2D eigenvalue weighted by Crippen LogP contribution is 1.94.